The molecule has 0 aliphatic carbocycles. The molecule has 0 unspecified atom stereocenters. The average molecular weight is 359 g/mol. The standard InChI is InChI=1S/C17H17N3O4S/c1-2-11-7-10-3-4-12(8-15(10)19-11)20-25(23,24)13-5-6-16(21)14(9-13)17(18)22/h3-9,19-21H,2H2,1H3,(H2,18,22). The summed E-state index contributed by atoms with van der Waals surface area (Å²) in [4.78, 5) is 14.3. The SMILES string of the molecule is CCc1cc2ccc(NS(=O)(=O)c3ccc(O)c(C(N)=O)c3)cc2[nH]1. The summed E-state index contributed by atoms with van der Waals surface area (Å²) >= 11 is 0. The number of aromatic nitrogens is 1. The number of phenols is 1. The molecule has 25 heavy (non-hydrogen) atoms. The maximum absolute atomic E-state index is 12.5. The summed E-state index contributed by atoms with van der Waals surface area (Å²) in [6, 6.07) is 10.5. The van der Waals surface area contributed by atoms with Crippen molar-refractivity contribution < 1.29 is 18.3 Å². The summed E-state index contributed by atoms with van der Waals surface area (Å²) in [5.74, 6) is -1.28. The molecule has 0 bridgehead atoms. The Morgan fingerprint density at radius 1 is 1.20 bits per heavy atom. The van der Waals surface area contributed by atoms with E-state index in [4.69, 9.17) is 5.73 Å². The molecule has 3 aromatic rings. The number of anilines is 1. The van der Waals surface area contributed by atoms with E-state index in [1.54, 1.807) is 12.1 Å². The molecule has 3 rings (SSSR count). The number of carbonyl (C=O) groups excluding carboxylic acids is 1. The third kappa shape index (κ3) is 3.29. The second-order valence-electron chi connectivity index (χ2n) is 5.60. The van der Waals surface area contributed by atoms with E-state index in [0.29, 0.717) is 5.69 Å². The molecule has 5 N–H and O–H groups in total. The second kappa shape index (κ2) is 6.14. The number of rotatable bonds is 5. The van der Waals surface area contributed by atoms with Gasteiger partial charge in [0.2, 0.25) is 0 Å². The Hall–Kier alpha value is -3.00. The number of benzene rings is 2. The van der Waals surface area contributed by atoms with Crippen LogP contribution in [0, 0.1) is 0 Å². The maximum atomic E-state index is 12.5. The first-order valence-electron chi connectivity index (χ1n) is 7.57. The molecule has 0 aliphatic heterocycles. The van der Waals surface area contributed by atoms with Crippen LogP contribution >= 0.6 is 0 Å². The summed E-state index contributed by atoms with van der Waals surface area (Å²) in [5.41, 5.74) is 7.14. The predicted molar refractivity (Wildman–Crippen MR) is 95.1 cm³/mol. The van der Waals surface area contributed by atoms with Gasteiger partial charge in [-0.05, 0) is 48.2 Å². The van der Waals surface area contributed by atoms with Crippen molar-refractivity contribution in [3.05, 3.63) is 53.7 Å². The number of nitrogens with two attached hydrogens (primary N) is 1. The Balaban J connectivity index is 1.96. The number of aromatic amines is 1. The minimum absolute atomic E-state index is 0.167. The van der Waals surface area contributed by atoms with Crippen LogP contribution in [-0.4, -0.2) is 24.4 Å². The Morgan fingerprint density at radius 3 is 2.64 bits per heavy atom. The Morgan fingerprint density at radius 2 is 1.96 bits per heavy atom. The number of amides is 1. The Labute approximate surface area is 144 Å². The largest absolute Gasteiger partial charge is 0.507 e. The highest BCUT2D eigenvalue weighted by Crippen LogP contribution is 2.25. The fourth-order valence-corrected chi connectivity index (χ4v) is 3.61. The van der Waals surface area contributed by atoms with Crippen molar-refractivity contribution in [2.24, 2.45) is 5.73 Å². The Bertz CT molecular complexity index is 1070. The number of fused-ring (bicyclic) bond motifs is 1. The molecule has 0 atom stereocenters. The minimum Gasteiger partial charge on any atom is -0.507 e. The summed E-state index contributed by atoms with van der Waals surface area (Å²) in [6.07, 6.45) is 0.846. The van der Waals surface area contributed by atoms with E-state index in [9.17, 15) is 18.3 Å². The van der Waals surface area contributed by atoms with Gasteiger partial charge in [0.15, 0.2) is 0 Å². The predicted octanol–water partition coefficient (Wildman–Crippen LogP) is 2.34. The monoisotopic (exact) mass is 359 g/mol. The molecular weight excluding hydrogens is 342 g/mol. The van der Waals surface area contributed by atoms with Crippen LogP contribution in [-0.2, 0) is 16.4 Å². The lowest BCUT2D eigenvalue weighted by atomic mass is 10.2. The first-order valence-corrected chi connectivity index (χ1v) is 9.06. The molecular formula is C17H17N3O4S. The number of hydrogen-bond acceptors (Lipinski definition) is 4. The third-order valence-corrected chi connectivity index (χ3v) is 5.23. The molecule has 0 aliphatic rings. The molecule has 0 saturated heterocycles. The highest BCUT2D eigenvalue weighted by atomic mass is 32.2. The number of carbonyl (C=O) groups is 1. The van der Waals surface area contributed by atoms with E-state index in [1.165, 1.54) is 6.07 Å². The number of aromatic hydroxyl groups is 1. The highest BCUT2D eigenvalue weighted by molar-refractivity contribution is 7.92. The van der Waals surface area contributed by atoms with E-state index >= 15 is 0 Å². The molecule has 0 fully saturated rings. The van der Waals surface area contributed by atoms with Crippen molar-refractivity contribution in [2.75, 3.05) is 4.72 Å². The van der Waals surface area contributed by atoms with E-state index in [-0.39, 0.29) is 16.2 Å². The zero-order valence-electron chi connectivity index (χ0n) is 13.4. The van der Waals surface area contributed by atoms with Gasteiger partial charge in [-0.15, -0.1) is 0 Å². The van der Waals surface area contributed by atoms with Crippen molar-refractivity contribution in [3.8, 4) is 5.75 Å². The van der Waals surface area contributed by atoms with E-state index in [2.05, 4.69) is 9.71 Å². The zero-order chi connectivity index (χ0) is 18.2. The molecule has 1 aromatic heterocycles. The fourth-order valence-electron chi connectivity index (χ4n) is 2.53. The molecule has 0 radical (unpaired) electrons. The molecule has 1 heterocycles. The van der Waals surface area contributed by atoms with Gasteiger partial charge in [-0.2, -0.15) is 0 Å². The van der Waals surface area contributed by atoms with Gasteiger partial charge in [0.25, 0.3) is 15.9 Å². The van der Waals surface area contributed by atoms with Crippen molar-refractivity contribution in [2.45, 2.75) is 18.2 Å². The van der Waals surface area contributed by atoms with Gasteiger partial charge in [0.1, 0.15) is 5.75 Å². The number of sulfonamides is 1. The first kappa shape index (κ1) is 16.8. The van der Waals surface area contributed by atoms with Crippen LogP contribution in [0.5, 0.6) is 5.75 Å². The lowest BCUT2D eigenvalue weighted by Gasteiger charge is -2.10. The van der Waals surface area contributed by atoms with Crippen LogP contribution in [0.3, 0.4) is 0 Å². The van der Waals surface area contributed by atoms with Crippen LogP contribution < -0.4 is 10.5 Å². The minimum atomic E-state index is -3.94. The number of primary amides is 1. The van der Waals surface area contributed by atoms with E-state index < -0.39 is 15.9 Å². The zero-order valence-corrected chi connectivity index (χ0v) is 14.2. The number of nitrogens with one attached hydrogen (secondary N) is 2. The van der Waals surface area contributed by atoms with Gasteiger partial charge in [-0.3, -0.25) is 9.52 Å². The van der Waals surface area contributed by atoms with Gasteiger partial charge in [0, 0.05) is 11.2 Å². The molecule has 130 valence electrons. The third-order valence-electron chi connectivity index (χ3n) is 3.86. The van der Waals surface area contributed by atoms with Gasteiger partial charge < -0.3 is 15.8 Å². The Kier molecular flexibility index (Phi) is 4.13. The second-order valence-corrected chi connectivity index (χ2v) is 7.28. The molecule has 2 aromatic carbocycles. The van der Waals surface area contributed by atoms with Crippen LogP contribution in [0.25, 0.3) is 10.9 Å². The number of hydrogen-bond donors (Lipinski definition) is 4. The number of H-pyrrole nitrogens is 1. The highest BCUT2D eigenvalue weighted by Gasteiger charge is 2.18. The quantitative estimate of drug-likeness (QED) is 0.558. The molecule has 0 saturated carbocycles. The van der Waals surface area contributed by atoms with Crippen molar-refractivity contribution >= 4 is 32.5 Å². The summed E-state index contributed by atoms with van der Waals surface area (Å²) in [6.45, 7) is 2.02. The number of aryl methyl sites for hydroxylation is 1. The molecule has 7 nitrogen and oxygen atoms in total. The molecule has 1 amide bonds. The molecule has 0 spiro atoms. The van der Waals surface area contributed by atoms with Gasteiger partial charge in [0.05, 0.1) is 16.1 Å². The van der Waals surface area contributed by atoms with E-state index in [1.807, 2.05) is 19.1 Å². The normalized spacial score (nSPS) is 11.6. The smallest absolute Gasteiger partial charge is 0.261 e. The summed E-state index contributed by atoms with van der Waals surface area (Å²) in [7, 11) is -3.94. The van der Waals surface area contributed by atoms with Crippen LogP contribution in [0.15, 0.2) is 47.4 Å². The lowest BCUT2D eigenvalue weighted by molar-refractivity contribution is 0.0997. The summed E-state index contributed by atoms with van der Waals surface area (Å²) in [5, 5.41) is 10.6. The fraction of sp³-hybridized carbons (Fsp3) is 0.118. The van der Waals surface area contributed by atoms with Crippen molar-refractivity contribution in [3.63, 3.8) is 0 Å². The molecule has 8 heteroatoms. The average Bonchev–Trinajstić information content (AvgIpc) is 2.96. The van der Waals surface area contributed by atoms with Gasteiger partial charge in [-0.1, -0.05) is 13.0 Å². The topological polar surface area (TPSA) is 125 Å². The van der Waals surface area contributed by atoms with Crippen LogP contribution in [0.2, 0.25) is 0 Å². The van der Waals surface area contributed by atoms with Gasteiger partial charge in [-0.25, -0.2) is 8.42 Å². The van der Waals surface area contributed by atoms with Crippen LogP contribution in [0.4, 0.5) is 5.69 Å². The lowest BCUT2D eigenvalue weighted by Crippen LogP contribution is -2.16. The van der Waals surface area contributed by atoms with E-state index in [0.717, 1.165) is 35.2 Å². The maximum Gasteiger partial charge on any atom is 0.261 e. The van der Waals surface area contributed by atoms with Crippen LogP contribution in [0.1, 0.15) is 23.0 Å². The van der Waals surface area contributed by atoms with Crippen molar-refractivity contribution in [1.29, 1.82) is 0 Å². The first-order chi connectivity index (χ1) is 11.8. The van der Waals surface area contributed by atoms with Crippen molar-refractivity contribution in [1.82, 2.24) is 4.98 Å². The van der Waals surface area contributed by atoms with Gasteiger partial charge >= 0.3 is 0 Å². The summed E-state index contributed by atoms with van der Waals surface area (Å²) < 4.78 is 27.5.